The Morgan fingerprint density at radius 3 is 2.37 bits per heavy atom. The predicted octanol–water partition coefficient (Wildman–Crippen LogP) is 4.98. The normalized spacial score (nSPS) is 14.3. The summed E-state index contributed by atoms with van der Waals surface area (Å²) < 4.78 is 10.6. The number of benzene rings is 2. The number of carbonyl (C=O) groups is 1. The average molecular weight is 411 g/mol. The summed E-state index contributed by atoms with van der Waals surface area (Å²) in [5.74, 6) is 1.61. The summed E-state index contributed by atoms with van der Waals surface area (Å²) in [6.07, 6.45) is 6.45. The van der Waals surface area contributed by atoms with Crippen LogP contribution < -0.4 is 10.1 Å². The molecular weight excluding hydrogens is 376 g/mol. The van der Waals surface area contributed by atoms with Gasteiger partial charge in [-0.1, -0.05) is 31.4 Å². The lowest BCUT2D eigenvalue weighted by Gasteiger charge is -2.27. The summed E-state index contributed by atoms with van der Waals surface area (Å²) in [4.78, 5) is 14.6. The zero-order valence-electron chi connectivity index (χ0n) is 18.2. The van der Waals surface area contributed by atoms with E-state index in [9.17, 15) is 4.79 Å². The van der Waals surface area contributed by atoms with Gasteiger partial charge in [0.1, 0.15) is 12.4 Å². The predicted molar refractivity (Wildman–Crippen MR) is 121 cm³/mol. The lowest BCUT2D eigenvalue weighted by atomic mass is 9.89. The third-order valence-electron chi connectivity index (χ3n) is 5.71. The molecule has 2 aromatic rings. The minimum atomic E-state index is 0.108. The molecule has 0 bridgehead atoms. The summed E-state index contributed by atoms with van der Waals surface area (Å²) >= 11 is 0. The standard InChI is InChI=1S/C25H34N2O3/c1-27(19-21-6-4-3-5-7-21)25(28)22-10-12-23(13-11-22)26-18-20-8-14-24(15-9-20)30-17-16-29-2/h8-15,21,26H,3-7,16-19H2,1-2H3. The molecule has 0 radical (unpaired) electrons. The zero-order valence-corrected chi connectivity index (χ0v) is 18.2. The van der Waals surface area contributed by atoms with Crippen molar-refractivity contribution < 1.29 is 14.3 Å². The Labute approximate surface area is 180 Å². The molecule has 1 N–H and O–H groups in total. The molecule has 162 valence electrons. The molecule has 0 saturated heterocycles. The number of nitrogens with zero attached hydrogens (tertiary/aromatic N) is 1. The molecule has 0 atom stereocenters. The van der Waals surface area contributed by atoms with E-state index in [1.807, 2.05) is 60.5 Å². The lowest BCUT2D eigenvalue weighted by molar-refractivity contribution is 0.0760. The van der Waals surface area contributed by atoms with E-state index in [-0.39, 0.29) is 5.91 Å². The first-order valence-electron chi connectivity index (χ1n) is 11.0. The first-order chi connectivity index (χ1) is 14.7. The second kappa shape index (κ2) is 11.6. The maximum absolute atomic E-state index is 12.7. The van der Waals surface area contributed by atoms with Crippen LogP contribution in [0.15, 0.2) is 48.5 Å². The summed E-state index contributed by atoms with van der Waals surface area (Å²) in [6.45, 7) is 2.71. The Balaban J connectivity index is 1.46. The molecule has 1 aliphatic carbocycles. The minimum Gasteiger partial charge on any atom is -0.491 e. The van der Waals surface area contributed by atoms with Gasteiger partial charge < -0.3 is 19.7 Å². The number of ether oxygens (including phenoxy) is 2. The molecule has 5 nitrogen and oxygen atoms in total. The van der Waals surface area contributed by atoms with Crippen molar-refractivity contribution in [2.45, 2.75) is 38.6 Å². The second-order valence-electron chi connectivity index (χ2n) is 8.11. The number of carbonyl (C=O) groups excluding carboxylic acids is 1. The van der Waals surface area contributed by atoms with E-state index in [1.54, 1.807) is 7.11 Å². The Hall–Kier alpha value is -2.53. The van der Waals surface area contributed by atoms with Crippen LogP contribution in [0.2, 0.25) is 0 Å². The van der Waals surface area contributed by atoms with Crippen molar-refractivity contribution in [2.75, 3.05) is 39.2 Å². The SMILES string of the molecule is COCCOc1ccc(CNc2ccc(C(=O)N(C)CC3CCCCC3)cc2)cc1. The largest absolute Gasteiger partial charge is 0.491 e. The van der Waals surface area contributed by atoms with Gasteiger partial charge in [-0.15, -0.1) is 0 Å². The molecule has 0 aromatic heterocycles. The van der Waals surface area contributed by atoms with E-state index in [0.717, 1.165) is 23.5 Å². The van der Waals surface area contributed by atoms with E-state index >= 15 is 0 Å². The van der Waals surface area contributed by atoms with Crippen molar-refractivity contribution >= 4 is 11.6 Å². The molecule has 0 spiro atoms. The van der Waals surface area contributed by atoms with Crippen LogP contribution >= 0.6 is 0 Å². The topological polar surface area (TPSA) is 50.8 Å². The minimum absolute atomic E-state index is 0.108. The van der Waals surface area contributed by atoms with Crippen LogP contribution in [0.5, 0.6) is 5.75 Å². The summed E-state index contributed by atoms with van der Waals surface area (Å²) in [6, 6.07) is 15.8. The number of methoxy groups -OCH3 is 1. The van der Waals surface area contributed by atoms with Crippen LogP contribution in [0, 0.1) is 5.92 Å². The van der Waals surface area contributed by atoms with E-state index in [0.29, 0.717) is 25.7 Å². The van der Waals surface area contributed by atoms with Crippen LogP contribution in [0.1, 0.15) is 48.0 Å². The van der Waals surface area contributed by atoms with Gasteiger partial charge in [-0.2, -0.15) is 0 Å². The summed E-state index contributed by atoms with van der Waals surface area (Å²) in [5.41, 5.74) is 2.92. The van der Waals surface area contributed by atoms with Crippen LogP contribution in [-0.2, 0) is 11.3 Å². The number of nitrogens with one attached hydrogen (secondary N) is 1. The molecule has 3 rings (SSSR count). The monoisotopic (exact) mass is 410 g/mol. The van der Waals surface area contributed by atoms with Gasteiger partial charge in [-0.25, -0.2) is 0 Å². The van der Waals surface area contributed by atoms with Crippen molar-refractivity contribution in [1.29, 1.82) is 0 Å². The Morgan fingerprint density at radius 2 is 1.70 bits per heavy atom. The van der Waals surface area contributed by atoms with Crippen molar-refractivity contribution in [2.24, 2.45) is 5.92 Å². The zero-order chi connectivity index (χ0) is 21.2. The van der Waals surface area contributed by atoms with E-state index in [2.05, 4.69) is 5.32 Å². The fourth-order valence-corrected chi connectivity index (χ4v) is 3.94. The molecule has 0 heterocycles. The molecular formula is C25H34N2O3. The Bertz CT molecular complexity index is 768. The van der Waals surface area contributed by atoms with Crippen molar-refractivity contribution in [3.05, 3.63) is 59.7 Å². The third kappa shape index (κ3) is 6.77. The molecule has 1 fully saturated rings. The number of anilines is 1. The van der Waals surface area contributed by atoms with Gasteiger partial charge in [0, 0.05) is 38.5 Å². The van der Waals surface area contributed by atoms with Crippen LogP contribution in [0.4, 0.5) is 5.69 Å². The number of amides is 1. The van der Waals surface area contributed by atoms with Gasteiger partial charge in [0.2, 0.25) is 0 Å². The van der Waals surface area contributed by atoms with Gasteiger partial charge in [-0.05, 0) is 60.7 Å². The van der Waals surface area contributed by atoms with Crippen molar-refractivity contribution in [3.63, 3.8) is 0 Å². The maximum Gasteiger partial charge on any atom is 0.253 e. The molecule has 0 unspecified atom stereocenters. The molecule has 30 heavy (non-hydrogen) atoms. The first-order valence-corrected chi connectivity index (χ1v) is 11.0. The van der Waals surface area contributed by atoms with Crippen LogP contribution in [0.3, 0.4) is 0 Å². The molecule has 1 saturated carbocycles. The molecule has 2 aromatic carbocycles. The van der Waals surface area contributed by atoms with E-state index in [1.165, 1.54) is 37.7 Å². The second-order valence-corrected chi connectivity index (χ2v) is 8.11. The van der Waals surface area contributed by atoms with E-state index in [4.69, 9.17) is 9.47 Å². The average Bonchev–Trinajstić information content (AvgIpc) is 2.79. The molecule has 1 aliphatic rings. The Morgan fingerprint density at radius 1 is 1.00 bits per heavy atom. The lowest BCUT2D eigenvalue weighted by Crippen LogP contribution is -2.32. The van der Waals surface area contributed by atoms with Crippen LogP contribution in [-0.4, -0.2) is 44.7 Å². The number of hydrogen-bond acceptors (Lipinski definition) is 4. The highest BCUT2D eigenvalue weighted by Gasteiger charge is 2.19. The highest BCUT2D eigenvalue weighted by molar-refractivity contribution is 5.94. The number of hydrogen-bond donors (Lipinski definition) is 1. The van der Waals surface area contributed by atoms with Gasteiger partial charge in [-0.3, -0.25) is 4.79 Å². The quantitative estimate of drug-likeness (QED) is 0.562. The van der Waals surface area contributed by atoms with E-state index < -0.39 is 0 Å². The van der Waals surface area contributed by atoms with Gasteiger partial charge >= 0.3 is 0 Å². The van der Waals surface area contributed by atoms with Crippen LogP contribution in [0.25, 0.3) is 0 Å². The summed E-state index contributed by atoms with van der Waals surface area (Å²) in [5, 5.41) is 3.41. The smallest absolute Gasteiger partial charge is 0.253 e. The summed E-state index contributed by atoms with van der Waals surface area (Å²) in [7, 11) is 3.59. The van der Waals surface area contributed by atoms with Gasteiger partial charge in [0.05, 0.1) is 6.61 Å². The Kier molecular flexibility index (Phi) is 8.57. The third-order valence-corrected chi connectivity index (χ3v) is 5.71. The molecule has 5 heteroatoms. The molecule has 0 aliphatic heterocycles. The maximum atomic E-state index is 12.7. The van der Waals surface area contributed by atoms with Gasteiger partial charge in [0.15, 0.2) is 0 Å². The fraction of sp³-hybridized carbons (Fsp3) is 0.480. The van der Waals surface area contributed by atoms with Crippen molar-refractivity contribution in [1.82, 2.24) is 4.90 Å². The molecule has 1 amide bonds. The highest BCUT2D eigenvalue weighted by Crippen LogP contribution is 2.24. The van der Waals surface area contributed by atoms with Crippen molar-refractivity contribution in [3.8, 4) is 5.75 Å². The first kappa shape index (κ1) is 22.2. The fourth-order valence-electron chi connectivity index (χ4n) is 3.94. The highest BCUT2D eigenvalue weighted by atomic mass is 16.5. The van der Waals surface area contributed by atoms with Gasteiger partial charge in [0.25, 0.3) is 5.91 Å². The number of rotatable bonds is 10.